The van der Waals surface area contributed by atoms with E-state index < -0.39 is 0 Å². The van der Waals surface area contributed by atoms with E-state index in [0.29, 0.717) is 21.1 Å². The lowest BCUT2D eigenvalue weighted by Gasteiger charge is -2.28. The highest BCUT2D eigenvalue weighted by molar-refractivity contribution is 9.11. The summed E-state index contributed by atoms with van der Waals surface area (Å²) in [5, 5.41) is 24.6. The van der Waals surface area contributed by atoms with Gasteiger partial charge >= 0.3 is 0 Å². The van der Waals surface area contributed by atoms with Crippen molar-refractivity contribution in [2.24, 2.45) is 5.10 Å². The Balaban J connectivity index is 2.11. The molecule has 31 heavy (non-hydrogen) atoms. The minimum Gasteiger partial charge on any atom is -0.507 e. The molecule has 0 aliphatic heterocycles. The van der Waals surface area contributed by atoms with Gasteiger partial charge in [-0.2, -0.15) is 5.10 Å². The molecule has 0 unspecified atom stereocenters. The monoisotopic (exact) mass is 552 g/mol. The molecular weight excluding hydrogens is 524 g/mol. The zero-order valence-electron chi connectivity index (χ0n) is 18.8. The van der Waals surface area contributed by atoms with Gasteiger partial charge in [-0.25, -0.2) is 5.43 Å². The van der Waals surface area contributed by atoms with Crippen molar-refractivity contribution in [2.45, 2.75) is 65.2 Å². The van der Waals surface area contributed by atoms with Gasteiger partial charge in [0.05, 0.1) is 15.2 Å². The number of phenols is 2. The summed E-state index contributed by atoms with van der Waals surface area (Å²) >= 11 is 6.53. The number of nitrogens with one attached hydrogen (secondary N) is 1. The lowest BCUT2D eigenvalue weighted by Crippen LogP contribution is -2.20. The Morgan fingerprint density at radius 2 is 1.42 bits per heavy atom. The zero-order chi connectivity index (χ0) is 23.6. The number of phenolic OH excluding ortho intramolecular Hbond substituents is 2. The molecule has 0 heterocycles. The molecule has 1 amide bonds. The van der Waals surface area contributed by atoms with Gasteiger partial charge in [-0.15, -0.1) is 0 Å². The van der Waals surface area contributed by atoms with Crippen molar-refractivity contribution in [3.05, 3.63) is 55.5 Å². The fourth-order valence-electron chi connectivity index (χ4n) is 3.13. The number of amides is 1. The van der Waals surface area contributed by atoms with E-state index in [2.05, 4.69) is 83.9 Å². The van der Waals surface area contributed by atoms with Crippen LogP contribution in [-0.4, -0.2) is 22.3 Å². The van der Waals surface area contributed by atoms with E-state index in [0.717, 1.165) is 22.3 Å². The molecular formula is C24H30Br2N2O3. The molecule has 2 rings (SSSR count). The second-order valence-electron chi connectivity index (χ2n) is 9.67. The SMILES string of the molecule is CC(C)(C)c1cc(CCC(=O)N/N=C\c2cc(Br)c(O)c(Br)c2)cc(C(C)(C)C)c1O. The van der Waals surface area contributed by atoms with Crippen molar-refractivity contribution >= 4 is 44.0 Å². The van der Waals surface area contributed by atoms with E-state index >= 15 is 0 Å². The second kappa shape index (κ2) is 9.74. The van der Waals surface area contributed by atoms with E-state index in [1.165, 1.54) is 6.21 Å². The van der Waals surface area contributed by atoms with Gasteiger partial charge in [0.25, 0.3) is 0 Å². The van der Waals surface area contributed by atoms with Crippen LogP contribution in [0.15, 0.2) is 38.3 Å². The number of halogens is 2. The van der Waals surface area contributed by atoms with Crippen LogP contribution in [-0.2, 0) is 22.0 Å². The first-order valence-corrected chi connectivity index (χ1v) is 11.7. The van der Waals surface area contributed by atoms with Gasteiger partial charge in [0.1, 0.15) is 11.5 Å². The van der Waals surface area contributed by atoms with E-state index in [4.69, 9.17) is 0 Å². The molecule has 0 fully saturated rings. The summed E-state index contributed by atoms with van der Waals surface area (Å²) in [5.41, 5.74) is 5.63. The van der Waals surface area contributed by atoms with Crippen LogP contribution >= 0.6 is 31.9 Å². The summed E-state index contributed by atoms with van der Waals surface area (Å²) in [6, 6.07) is 7.39. The number of hydrogen-bond donors (Lipinski definition) is 3. The third-order valence-corrected chi connectivity index (χ3v) is 6.08. The maximum Gasteiger partial charge on any atom is 0.240 e. The van der Waals surface area contributed by atoms with Crippen molar-refractivity contribution in [2.75, 3.05) is 0 Å². The molecule has 0 radical (unpaired) electrons. The fourth-order valence-corrected chi connectivity index (χ4v) is 4.36. The molecule has 7 heteroatoms. The zero-order valence-corrected chi connectivity index (χ0v) is 22.0. The molecule has 0 aliphatic rings. The highest BCUT2D eigenvalue weighted by Gasteiger charge is 2.26. The number of carbonyl (C=O) groups is 1. The molecule has 0 saturated heterocycles. The Morgan fingerprint density at radius 3 is 1.87 bits per heavy atom. The number of carbonyl (C=O) groups excluding carboxylic acids is 1. The highest BCUT2D eigenvalue weighted by atomic mass is 79.9. The van der Waals surface area contributed by atoms with Crippen molar-refractivity contribution in [3.8, 4) is 11.5 Å². The van der Waals surface area contributed by atoms with Crippen LogP contribution in [0.25, 0.3) is 0 Å². The molecule has 2 aromatic rings. The lowest BCUT2D eigenvalue weighted by atomic mass is 9.78. The van der Waals surface area contributed by atoms with Crippen LogP contribution in [0.2, 0.25) is 0 Å². The first-order chi connectivity index (χ1) is 14.2. The van der Waals surface area contributed by atoms with E-state index in [1.807, 2.05) is 12.1 Å². The van der Waals surface area contributed by atoms with Crippen LogP contribution in [0.3, 0.4) is 0 Å². The Morgan fingerprint density at radius 1 is 0.935 bits per heavy atom. The predicted octanol–water partition coefficient (Wildman–Crippen LogP) is 6.30. The lowest BCUT2D eigenvalue weighted by molar-refractivity contribution is -0.121. The number of nitrogens with zero attached hydrogens (tertiary/aromatic N) is 1. The maximum absolute atomic E-state index is 12.3. The van der Waals surface area contributed by atoms with E-state index in [9.17, 15) is 15.0 Å². The number of aryl methyl sites for hydroxylation is 1. The summed E-state index contributed by atoms with van der Waals surface area (Å²) in [4.78, 5) is 12.3. The third-order valence-electron chi connectivity index (χ3n) is 4.87. The van der Waals surface area contributed by atoms with Crippen molar-refractivity contribution in [1.29, 1.82) is 0 Å². The Labute approximate surface area is 201 Å². The molecule has 0 saturated carbocycles. The molecule has 5 nitrogen and oxygen atoms in total. The number of hydrogen-bond acceptors (Lipinski definition) is 4. The van der Waals surface area contributed by atoms with E-state index in [1.54, 1.807) is 12.1 Å². The van der Waals surface area contributed by atoms with Gasteiger partial charge in [-0.3, -0.25) is 4.79 Å². The van der Waals surface area contributed by atoms with Gasteiger partial charge in [0, 0.05) is 6.42 Å². The van der Waals surface area contributed by atoms with Gasteiger partial charge in [0.15, 0.2) is 0 Å². The predicted molar refractivity (Wildman–Crippen MR) is 133 cm³/mol. The molecule has 3 N–H and O–H groups in total. The smallest absolute Gasteiger partial charge is 0.240 e. The molecule has 0 atom stereocenters. The highest BCUT2D eigenvalue weighted by Crippen LogP contribution is 2.40. The summed E-state index contributed by atoms with van der Waals surface area (Å²) in [6.07, 6.45) is 2.34. The van der Waals surface area contributed by atoms with Gasteiger partial charge in [-0.1, -0.05) is 53.7 Å². The maximum atomic E-state index is 12.3. The minimum atomic E-state index is -0.209. The Bertz CT molecular complexity index is 945. The summed E-state index contributed by atoms with van der Waals surface area (Å²) in [5.74, 6) is 0.249. The number of benzene rings is 2. The number of rotatable bonds is 5. The molecule has 0 aliphatic carbocycles. The average molecular weight is 554 g/mol. The average Bonchev–Trinajstić information content (AvgIpc) is 2.63. The number of hydrazone groups is 1. The van der Waals surface area contributed by atoms with Crippen molar-refractivity contribution < 1.29 is 15.0 Å². The van der Waals surface area contributed by atoms with Crippen molar-refractivity contribution in [1.82, 2.24) is 5.43 Å². The Kier molecular flexibility index (Phi) is 7.98. The molecule has 2 aromatic carbocycles. The first kappa shape index (κ1) is 25.4. The summed E-state index contributed by atoms with van der Waals surface area (Å²) in [7, 11) is 0. The minimum absolute atomic E-state index is 0.110. The van der Waals surface area contributed by atoms with Gasteiger partial charge in [-0.05, 0) is 83.5 Å². The molecule has 0 spiro atoms. The van der Waals surface area contributed by atoms with Gasteiger partial charge < -0.3 is 10.2 Å². The first-order valence-electron chi connectivity index (χ1n) is 10.1. The normalized spacial score (nSPS) is 12.4. The molecule has 0 bridgehead atoms. The van der Waals surface area contributed by atoms with Crippen molar-refractivity contribution in [3.63, 3.8) is 0 Å². The third kappa shape index (κ3) is 6.81. The van der Waals surface area contributed by atoms with Crippen LogP contribution in [0.1, 0.15) is 70.2 Å². The molecule has 168 valence electrons. The van der Waals surface area contributed by atoms with Crippen LogP contribution in [0.5, 0.6) is 11.5 Å². The summed E-state index contributed by atoms with van der Waals surface area (Å²) in [6.45, 7) is 12.4. The van der Waals surface area contributed by atoms with E-state index in [-0.39, 0.29) is 28.9 Å². The second-order valence-corrected chi connectivity index (χ2v) is 11.4. The standard InChI is InChI=1S/C24H30Br2N2O3/c1-23(2,3)16-9-14(10-17(21(16)30)24(4,5)6)7-8-20(29)28-27-13-15-11-18(25)22(31)19(26)12-15/h9-13,30-31H,7-8H2,1-6H3,(H,28,29)/b27-13-. The van der Waals surface area contributed by atoms with Crippen LogP contribution in [0.4, 0.5) is 0 Å². The Hall–Kier alpha value is -1.86. The van der Waals surface area contributed by atoms with Crippen LogP contribution in [0, 0.1) is 0 Å². The summed E-state index contributed by atoms with van der Waals surface area (Å²) < 4.78 is 1.07. The van der Waals surface area contributed by atoms with Gasteiger partial charge in [0.2, 0.25) is 5.91 Å². The van der Waals surface area contributed by atoms with Crippen LogP contribution < -0.4 is 5.43 Å². The largest absolute Gasteiger partial charge is 0.507 e. The quantitative estimate of drug-likeness (QED) is 0.300. The fraction of sp³-hybridized carbons (Fsp3) is 0.417. The molecule has 0 aromatic heterocycles. The topological polar surface area (TPSA) is 81.9 Å². The number of aromatic hydroxyl groups is 2.